The van der Waals surface area contributed by atoms with Crippen LogP contribution in [0, 0.1) is 24.0 Å². The largest absolute Gasteiger partial charge is 0.389 e. The van der Waals surface area contributed by atoms with Crippen LogP contribution in [0.25, 0.3) is 4.96 Å². The van der Waals surface area contributed by atoms with Crippen LogP contribution in [0.1, 0.15) is 16.3 Å². The van der Waals surface area contributed by atoms with E-state index in [1.807, 2.05) is 14.0 Å². The minimum atomic E-state index is -0.481. The molecule has 0 saturated heterocycles. The maximum atomic E-state index is 10.6. The maximum absolute atomic E-state index is 10.6. The summed E-state index contributed by atoms with van der Waals surface area (Å²) in [6.07, 6.45) is 3.75. The van der Waals surface area contributed by atoms with Crippen molar-refractivity contribution >= 4 is 22.1 Å². The number of rotatable bonds is 6. The second-order valence-electron chi connectivity index (χ2n) is 5.57. The van der Waals surface area contributed by atoms with Crippen LogP contribution in [0.3, 0.4) is 0 Å². The molecule has 0 amide bonds. The number of hydrogen-bond donors (Lipinski definition) is 0. The Hall–Kier alpha value is -2.26. The number of aromatic nitrogens is 4. The van der Waals surface area contributed by atoms with Gasteiger partial charge >= 0.3 is 5.82 Å². The topological polar surface area (TPSA) is 81.5 Å². The summed E-state index contributed by atoms with van der Waals surface area (Å²) < 4.78 is 3.74. The van der Waals surface area contributed by atoms with Crippen LogP contribution in [-0.2, 0) is 13.1 Å². The number of likely N-dealkylation sites (N-methyl/N-ethyl adjacent to an activating group) is 1. The Kier molecular flexibility index (Phi) is 4.14. The Morgan fingerprint density at radius 1 is 1.43 bits per heavy atom. The van der Waals surface area contributed by atoms with Crippen molar-refractivity contribution < 1.29 is 4.92 Å². The van der Waals surface area contributed by atoms with Crippen molar-refractivity contribution in [3.05, 3.63) is 44.8 Å². The maximum Gasteiger partial charge on any atom is 0.389 e. The molecule has 8 nitrogen and oxygen atoms in total. The highest BCUT2D eigenvalue weighted by Crippen LogP contribution is 2.21. The Morgan fingerprint density at radius 3 is 2.91 bits per heavy atom. The van der Waals surface area contributed by atoms with E-state index in [9.17, 15) is 10.1 Å². The molecule has 3 aromatic rings. The summed E-state index contributed by atoms with van der Waals surface area (Å²) in [7, 11) is 2.02. The third-order valence-corrected chi connectivity index (χ3v) is 4.58. The van der Waals surface area contributed by atoms with Gasteiger partial charge in [0.1, 0.15) is 0 Å². The molecule has 0 atom stereocenters. The SMILES string of the molecule is Cc1cn2c(CN(C)CCn3ccc([N+](=O)[O-])n3)c(C)nc2s1. The molecule has 0 aliphatic rings. The number of fused-ring (bicyclic) bond motifs is 1. The second-order valence-corrected chi connectivity index (χ2v) is 6.78. The van der Waals surface area contributed by atoms with Gasteiger partial charge in [-0.1, -0.05) is 0 Å². The van der Waals surface area contributed by atoms with Crippen molar-refractivity contribution in [1.29, 1.82) is 0 Å². The quantitative estimate of drug-likeness (QED) is 0.510. The van der Waals surface area contributed by atoms with E-state index < -0.39 is 4.92 Å². The fourth-order valence-corrected chi connectivity index (χ4v) is 3.37. The highest BCUT2D eigenvalue weighted by molar-refractivity contribution is 7.17. The lowest BCUT2D eigenvalue weighted by atomic mass is 10.3. The molecule has 0 bridgehead atoms. The van der Waals surface area contributed by atoms with Crippen LogP contribution in [-0.4, -0.2) is 42.6 Å². The minimum absolute atomic E-state index is 0.116. The van der Waals surface area contributed by atoms with E-state index in [0.29, 0.717) is 6.54 Å². The molecule has 3 aromatic heterocycles. The molecule has 0 unspecified atom stereocenters. The first-order chi connectivity index (χ1) is 10.9. The number of hydrogen-bond acceptors (Lipinski definition) is 6. The monoisotopic (exact) mass is 334 g/mol. The van der Waals surface area contributed by atoms with E-state index >= 15 is 0 Å². The fraction of sp³-hybridized carbons (Fsp3) is 0.429. The van der Waals surface area contributed by atoms with Crippen LogP contribution >= 0.6 is 11.3 Å². The van der Waals surface area contributed by atoms with E-state index in [1.165, 1.54) is 16.6 Å². The van der Waals surface area contributed by atoms with Gasteiger partial charge in [0.05, 0.1) is 35.3 Å². The van der Waals surface area contributed by atoms with E-state index in [-0.39, 0.29) is 5.82 Å². The van der Waals surface area contributed by atoms with Gasteiger partial charge in [-0.2, -0.15) is 4.68 Å². The van der Waals surface area contributed by atoms with E-state index in [4.69, 9.17) is 0 Å². The van der Waals surface area contributed by atoms with Gasteiger partial charge in [0.15, 0.2) is 4.96 Å². The van der Waals surface area contributed by atoms with Crippen molar-refractivity contribution in [2.24, 2.45) is 0 Å². The lowest BCUT2D eigenvalue weighted by Gasteiger charge is -2.15. The van der Waals surface area contributed by atoms with Gasteiger partial charge in [-0.3, -0.25) is 9.30 Å². The molecular formula is C14H18N6O2S. The Labute approximate surface area is 137 Å². The predicted molar refractivity (Wildman–Crippen MR) is 87.8 cm³/mol. The molecule has 0 aliphatic heterocycles. The van der Waals surface area contributed by atoms with Gasteiger partial charge in [0, 0.05) is 24.2 Å². The van der Waals surface area contributed by atoms with E-state index in [0.717, 1.165) is 23.7 Å². The third-order valence-electron chi connectivity index (χ3n) is 3.69. The van der Waals surface area contributed by atoms with Crippen molar-refractivity contribution in [3.8, 4) is 0 Å². The van der Waals surface area contributed by atoms with Crippen LogP contribution in [0.2, 0.25) is 0 Å². The minimum Gasteiger partial charge on any atom is -0.358 e. The summed E-state index contributed by atoms with van der Waals surface area (Å²) in [6, 6.07) is 1.42. The zero-order chi connectivity index (χ0) is 16.6. The van der Waals surface area contributed by atoms with Gasteiger partial charge in [-0.25, -0.2) is 4.98 Å². The molecule has 0 N–H and O–H groups in total. The number of thiazole rings is 1. The van der Waals surface area contributed by atoms with Crippen molar-refractivity contribution in [1.82, 2.24) is 24.1 Å². The number of nitro groups is 1. The summed E-state index contributed by atoms with van der Waals surface area (Å²) in [5.74, 6) is -0.116. The molecule has 0 aromatic carbocycles. The first kappa shape index (κ1) is 15.6. The first-order valence-electron chi connectivity index (χ1n) is 7.24. The fourth-order valence-electron chi connectivity index (χ4n) is 2.48. The normalized spacial score (nSPS) is 11.7. The molecule has 3 heterocycles. The second kappa shape index (κ2) is 6.09. The molecule has 122 valence electrons. The van der Waals surface area contributed by atoms with E-state index in [2.05, 4.69) is 32.5 Å². The van der Waals surface area contributed by atoms with Crippen molar-refractivity contribution in [2.75, 3.05) is 13.6 Å². The standard InChI is InChI=1S/C14H18N6O2S/c1-10-8-19-12(11(2)15-14(19)23-10)9-17(3)6-7-18-5-4-13(16-18)20(21)22/h4-5,8H,6-7,9H2,1-3H3. The average Bonchev–Trinajstić information content (AvgIpc) is 3.14. The Bertz CT molecular complexity index is 849. The van der Waals surface area contributed by atoms with Crippen LogP contribution in [0.15, 0.2) is 18.5 Å². The van der Waals surface area contributed by atoms with Gasteiger partial charge in [0.2, 0.25) is 0 Å². The summed E-state index contributed by atoms with van der Waals surface area (Å²) in [6.45, 7) is 6.22. The zero-order valence-electron chi connectivity index (χ0n) is 13.3. The smallest absolute Gasteiger partial charge is 0.358 e. The molecule has 23 heavy (non-hydrogen) atoms. The van der Waals surface area contributed by atoms with Crippen LogP contribution in [0.5, 0.6) is 0 Å². The Balaban J connectivity index is 1.65. The van der Waals surface area contributed by atoms with Crippen molar-refractivity contribution in [2.45, 2.75) is 26.9 Å². The number of aryl methyl sites for hydroxylation is 2. The zero-order valence-corrected chi connectivity index (χ0v) is 14.1. The lowest BCUT2D eigenvalue weighted by molar-refractivity contribution is -0.389. The van der Waals surface area contributed by atoms with Crippen LogP contribution < -0.4 is 0 Å². The lowest BCUT2D eigenvalue weighted by Crippen LogP contribution is -2.24. The molecule has 0 radical (unpaired) electrons. The molecule has 0 spiro atoms. The van der Waals surface area contributed by atoms with E-state index in [1.54, 1.807) is 22.2 Å². The van der Waals surface area contributed by atoms with Crippen molar-refractivity contribution in [3.63, 3.8) is 0 Å². The van der Waals surface area contributed by atoms with Gasteiger partial charge in [-0.15, -0.1) is 11.3 Å². The van der Waals surface area contributed by atoms with Crippen LogP contribution in [0.4, 0.5) is 5.82 Å². The number of imidazole rings is 1. The van der Waals surface area contributed by atoms with Gasteiger partial charge < -0.3 is 10.1 Å². The third kappa shape index (κ3) is 3.25. The highest BCUT2D eigenvalue weighted by atomic mass is 32.1. The summed E-state index contributed by atoms with van der Waals surface area (Å²) in [5, 5.41) is 14.6. The summed E-state index contributed by atoms with van der Waals surface area (Å²) >= 11 is 1.69. The van der Waals surface area contributed by atoms with Gasteiger partial charge in [0.25, 0.3) is 0 Å². The first-order valence-corrected chi connectivity index (χ1v) is 8.06. The Morgan fingerprint density at radius 2 is 2.22 bits per heavy atom. The molecule has 0 fully saturated rings. The predicted octanol–water partition coefficient (Wildman–Crippen LogP) is 2.25. The molecule has 3 rings (SSSR count). The molecule has 0 saturated carbocycles. The summed E-state index contributed by atoms with van der Waals surface area (Å²) in [4.78, 5) is 19.2. The average molecular weight is 334 g/mol. The summed E-state index contributed by atoms with van der Waals surface area (Å²) in [5.41, 5.74) is 2.22. The van der Waals surface area contributed by atoms with Gasteiger partial charge in [-0.05, 0) is 25.8 Å². The molecule has 0 aliphatic carbocycles. The highest BCUT2D eigenvalue weighted by Gasteiger charge is 2.14. The molecular weight excluding hydrogens is 316 g/mol. The molecule has 9 heteroatoms. The number of nitrogens with zero attached hydrogens (tertiary/aromatic N) is 6.